The molecule has 0 saturated carbocycles. The van der Waals surface area contributed by atoms with Gasteiger partial charge in [0.1, 0.15) is 5.75 Å². The van der Waals surface area contributed by atoms with Crippen LogP contribution in [0.2, 0.25) is 0 Å². The minimum atomic E-state index is -0.239. The highest BCUT2D eigenvalue weighted by Gasteiger charge is 2.29. The molecule has 0 spiro atoms. The van der Waals surface area contributed by atoms with Gasteiger partial charge in [-0.1, -0.05) is 0 Å². The highest BCUT2D eigenvalue weighted by Crippen LogP contribution is 2.19. The number of likely N-dealkylation sites (tertiary alicyclic amines) is 1. The van der Waals surface area contributed by atoms with Gasteiger partial charge in [0.2, 0.25) is 5.91 Å². The number of hydrogen-bond donors (Lipinski definition) is 2. The van der Waals surface area contributed by atoms with Crippen LogP contribution in [0.5, 0.6) is 5.75 Å². The van der Waals surface area contributed by atoms with E-state index >= 15 is 0 Å². The normalized spacial score (nSPS) is 19.4. The van der Waals surface area contributed by atoms with Gasteiger partial charge < -0.3 is 25.2 Å². The van der Waals surface area contributed by atoms with E-state index in [2.05, 4.69) is 17.0 Å². The summed E-state index contributed by atoms with van der Waals surface area (Å²) in [6.07, 6.45) is 1.39. The van der Waals surface area contributed by atoms with Crippen molar-refractivity contribution in [3.63, 3.8) is 0 Å². The summed E-state index contributed by atoms with van der Waals surface area (Å²) in [5, 5.41) is 0. The summed E-state index contributed by atoms with van der Waals surface area (Å²) in [5.74, 6) is 0.751. The maximum absolute atomic E-state index is 12.5. The number of amides is 2. The largest absolute Gasteiger partial charge is 0.497 e. The van der Waals surface area contributed by atoms with Crippen LogP contribution in [0.4, 0.5) is 5.69 Å². The smallest absolute Gasteiger partial charge is 0.277 e. The molecule has 2 saturated heterocycles. The minimum Gasteiger partial charge on any atom is -0.497 e. The zero-order valence-corrected chi connectivity index (χ0v) is 15.4. The molecule has 2 aliphatic heterocycles. The summed E-state index contributed by atoms with van der Waals surface area (Å²) in [6, 6.07) is 8.12. The third-order valence-corrected chi connectivity index (χ3v) is 5.56. The third-order valence-electron chi connectivity index (χ3n) is 5.56. The number of methoxy groups -OCH3 is 1. The van der Waals surface area contributed by atoms with Crippen LogP contribution < -0.4 is 20.3 Å². The average Bonchev–Trinajstić information content (AvgIpc) is 2.68. The lowest BCUT2D eigenvalue weighted by molar-refractivity contribution is -0.892. The van der Waals surface area contributed by atoms with Crippen LogP contribution in [0.3, 0.4) is 0 Å². The number of benzene rings is 1. The number of piperidine rings is 1. The minimum absolute atomic E-state index is 0.0700. The van der Waals surface area contributed by atoms with E-state index in [0.717, 1.165) is 31.9 Å². The van der Waals surface area contributed by atoms with Crippen molar-refractivity contribution < 1.29 is 19.2 Å². The molecule has 2 aliphatic rings. The molecule has 142 valence electrons. The molecule has 1 aromatic carbocycles. The van der Waals surface area contributed by atoms with Gasteiger partial charge in [0, 0.05) is 24.7 Å². The lowest BCUT2D eigenvalue weighted by Gasteiger charge is -2.35. The van der Waals surface area contributed by atoms with Crippen molar-refractivity contribution in [1.29, 1.82) is 0 Å². The molecular weight excluding hydrogens is 332 g/mol. The Morgan fingerprint density at radius 2 is 1.73 bits per heavy atom. The van der Waals surface area contributed by atoms with Gasteiger partial charge in [0.15, 0.2) is 6.54 Å². The van der Waals surface area contributed by atoms with E-state index in [1.54, 1.807) is 7.11 Å². The van der Waals surface area contributed by atoms with Crippen LogP contribution in [0.15, 0.2) is 24.3 Å². The van der Waals surface area contributed by atoms with Gasteiger partial charge in [-0.2, -0.15) is 0 Å². The Morgan fingerprint density at radius 3 is 2.27 bits per heavy atom. The first-order valence-corrected chi connectivity index (χ1v) is 9.36. The van der Waals surface area contributed by atoms with Crippen LogP contribution >= 0.6 is 0 Å². The van der Waals surface area contributed by atoms with Gasteiger partial charge in [-0.15, -0.1) is 0 Å². The predicted octanol–water partition coefficient (Wildman–Crippen LogP) is -0.876. The molecule has 7 nitrogen and oxygen atoms in total. The van der Waals surface area contributed by atoms with Crippen LogP contribution in [0.1, 0.15) is 12.8 Å². The second-order valence-corrected chi connectivity index (χ2v) is 7.17. The second-order valence-electron chi connectivity index (χ2n) is 7.17. The molecule has 2 fully saturated rings. The molecule has 26 heavy (non-hydrogen) atoms. The summed E-state index contributed by atoms with van der Waals surface area (Å²) in [6.45, 7) is 5.63. The molecule has 7 heteroatoms. The summed E-state index contributed by atoms with van der Waals surface area (Å²) >= 11 is 0. The SMILES string of the molecule is COc1ccc(N2CC[NH+](CC(=O)N3CCC(C(N)=O)CC3)CC2)cc1. The van der Waals surface area contributed by atoms with Crippen LogP contribution in [0.25, 0.3) is 0 Å². The Bertz CT molecular complexity index is 618. The van der Waals surface area contributed by atoms with Gasteiger partial charge >= 0.3 is 0 Å². The first kappa shape index (κ1) is 18.5. The van der Waals surface area contributed by atoms with Crippen molar-refractivity contribution in [1.82, 2.24) is 4.90 Å². The number of nitrogens with one attached hydrogen (secondary N) is 1. The van der Waals surface area contributed by atoms with E-state index in [1.165, 1.54) is 10.6 Å². The Labute approximate surface area is 154 Å². The molecular formula is C19H29N4O3+. The highest BCUT2D eigenvalue weighted by molar-refractivity contribution is 5.79. The Kier molecular flexibility index (Phi) is 5.98. The van der Waals surface area contributed by atoms with E-state index in [9.17, 15) is 9.59 Å². The van der Waals surface area contributed by atoms with Crippen LogP contribution in [-0.2, 0) is 9.59 Å². The maximum Gasteiger partial charge on any atom is 0.277 e. The van der Waals surface area contributed by atoms with Gasteiger partial charge in [-0.3, -0.25) is 9.59 Å². The zero-order valence-electron chi connectivity index (χ0n) is 15.4. The molecule has 0 atom stereocenters. The Balaban J connectivity index is 1.43. The molecule has 2 heterocycles. The molecule has 0 aromatic heterocycles. The van der Waals surface area contributed by atoms with Crippen molar-refractivity contribution in [2.45, 2.75) is 12.8 Å². The Hall–Kier alpha value is -2.28. The lowest BCUT2D eigenvalue weighted by Crippen LogP contribution is -3.16. The maximum atomic E-state index is 12.5. The third kappa shape index (κ3) is 4.46. The molecule has 0 radical (unpaired) electrons. The summed E-state index contributed by atoms with van der Waals surface area (Å²) in [7, 11) is 1.67. The second kappa shape index (κ2) is 8.40. The van der Waals surface area contributed by atoms with Crippen molar-refractivity contribution in [3.05, 3.63) is 24.3 Å². The van der Waals surface area contributed by atoms with Crippen molar-refractivity contribution in [3.8, 4) is 5.75 Å². The first-order valence-electron chi connectivity index (χ1n) is 9.36. The fraction of sp³-hybridized carbons (Fsp3) is 0.579. The number of ether oxygens (including phenoxy) is 1. The van der Waals surface area contributed by atoms with Gasteiger partial charge in [0.25, 0.3) is 5.91 Å². The van der Waals surface area contributed by atoms with E-state index in [-0.39, 0.29) is 17.7 Å². The number of carbonyl (C=O) groups excluding carboxylic acids is 2. The molecule has 0 bridgehead atoms. The predicted molar refractivity (Wildman–Crippen MR) is 99.3 cm³/mol. The van der Waals surface area contributed by atoms with E-state index in [0.29, 0.717) is 32.5 Å². The molecule has 3 rings (SSSR count). The average molecular weight is 361 g/mol. The molecule has 0 aliphatic carbocycles. The topological polar surface area (TPSA) is 80.3 Å². The Morgan fingerprint density at radius 1 is 1.12 bits per heavy atom. The zero-order chi connectivity index (χ0) is 18.5. The van der Waals surface area contributed by atoms with Gasteiger partial charge in [-0.25, -0.2) is 0 Å². The number of rotatable bonds is 5. The molecule has 2 amide bonds. The number of hydrogen-bond acceptors (Lipinski definition) is 4. The number of piperazine rings is 1. The number of quaternary nitrogens is 1. The number of nitrogens with zero attached hydrogens (tertiary/aromatic N) is 2. The highest BCUT2D eigenvalue weighted by atomic mass is 16.5. The van der Waals surface area contributed by atoms with Crippen LogP contribution in [0, 0.1) is 5.92 Å². The van der Waals surface area contributed by atoms with Crippen molar-refractivity contribution >= 4 is 17.5 Å². The molecule has 0 unspecified atom stereocenters. The number of nitrogens with two attached hydrogens (primary N) is 1. The fourth-order valence-corrected chi connectivity index (χ4v) is 3.79. The monoisotopic (exact) mass is 361 g/mol. The van der Waals surface area contributed by atoms with E-state index < -0.39 is 0 Å². The van der Waals surface area contributed by atoms with Crippen molar-refractivity contribution in [2.24, 2.45) is 11.7 Å². The fourth-order valence-electron chi connectivity index (χ4n) is 3.79. The van der Waals surface area contributed by atoms with Crippen molar-refractivity contribution in [2.75, 3.05) is 57.8 Å². The summed E-state index contributed by atoms with van der Waals surface area (Å²) in [4.78, 5) is 29.3. The molecule has 1 aromatic rings. The summed E-state index contributed by atoms with van der Waals surface area (Å²) in [5.41, 5.74) is 6.56. The number of anilines is 1. The van der Waals surface area contributed by atoms with Gasteiger partial charge in [0.05, 0.1) is 33.3 Å². The number of carbonyl (C=O) groups is 2. The van der Waals surface area contributed by atoms with E-state index in [4.69, 9.17) is 10.5 Å². The lowest BCUT2D eigenvalue weighted by atomic mass is 9.96. The van der Waals surface area contributed by atoms with E-state index in [1.807, 2.05) is 17.0 Å². The van der Waals surface area contributed by atoms with Crippen LogP contribution in [-0.4, -0.2) is 69.6 Å². The quantitative estimate of drug-likeness (QED) is 0.714. The van der Waals surface area contributed by atoms with Gasteiger partial charge in [-0.05, 0) is 37.1 Å². The summed E-state index contributed by atoms with van der Waals surface area (Å²) < 4.78 is 5.20. The standard InChI is InChI=1S/C19H28N4O3/c1-26-17-4-2-16(3-5-17)22-12-10-21(11-13-22)14-18(24)23-8-6-15(7-9-23)19(20)25/h2-5,15H,6-14H2,1H3,(H2,20,25)/p+1. The first-order chi connectivity index (χ1) is 12.6. The number of primary amides is 1. The molecule has 3 N–H and O–H groups in total.